The molecule has 120 heavy (non-hydrogen) atoms. The predicted molar refractivity (Wildman–Crippen MR) is 504 cm³/mol. The van der Waals surface area contributed by atoms with Crippen LogP contribution in [0.4, 0.5) is 0 Å². The zero-order valence-electron chi connectivity index (χ0n) is 80.5. The predicted octanol–water partition coefficient (Wildman–Crippen LogP) is 26.6. The van der Waals surface area contributed by atoms with Crippen molar-refractivity contribution < 1.29 is 57.2 Å². The molecule has 1 fully saturated rings. The van der Waals surface area contributed by atoms with Crippen LogP contribution in [0.5, 0.6) is 0 Å². The van der Waals surface area contributed by atoms with E-state index < -0.39 is 0 Å². The van der Waals surface area contributed by atoms with Gasteiger partial charge in [0.05, 0.1) is 26.1 Å². The average molecular weight is 1700 g/mol. The Hall–Kier alpha value is -3.38. The van der Waals surface area contributed by atoms with Gasteiger partial charge in [0.25, 0.3) is 0 Å². The molecular formula is C103H199N5O12. The molecule has 1 aliphatic rings. The molecule has 1 saturated heterocycles. The molecule has 0 unspecified atom stereocenters. The molecule has 17 nitrogen and oxygen atoms in total. The minimum Gasteiger partial charge on any atom is -0.466 e. The maximum atomic E-state index is 13.7. The van der Waals surface area contributed by atoms with Gasteiger partial charge in [-0.2, -0.15) is 0 Å². The van der Waals surface area contributed by atoms with Crippen LogP contribution in [0.3, 0.4) is 0 Å². The third-order valence-electron chi connectivity index (χ3n) is 25.0. The molecule has 0 N–H and O–H groups in total. The van der Waals surface area contributed by atoms with E-state index in [1.54, 1.807) is 0 Å². The summed E-state index contributed by atoms with van der Waals surface area (Å²) in [6, 6.07) is 0. The molecule has 1 heterocycles. The lowest BCUT2D eigenvalue weighted by Gasteiger charge is -2.32. The Labute approximate surface area is 741 Å². The summed E-state index contributed by atoms with van der Waals surface area (Å²) < 4.78 is 35.7. The van der Waals surface area contributed by atoms with Crippen LogP contribution in [0.2, 0.25) is 0 Å². The van der Waals surface area contributed by atoms with E-state index in [1.165, 1.54) is 218 Å². The van der Waals surface area contributed by atoms with Crippen molar-refractivity contribution in [2.45, 2.75) is 503 Å². The molecule has 0 aromatic heterocycles. The Kier molecular flexibility index (Phi) is 86.4. The number of carbonyl (C=O) groups is 6. The van der Waals surface area contributed by atoms with Gasteiger partial charge in [0, 0.05) is 78.0 Å². The molecule has 0 atom stereocenters. The van der Waals surface area contributed by atoms with Crippen LogP contribution in [-0.2, 0) is 57.2 Å². The van der Waals surface area contributed by atoms with E-state index in [2.05, 4.69) is 73.1 Å². The topological polar surface area (TPSA) is 174 Å². The fraction of sp³-hybridized carbons (Fsp3) is 0.942. The van der Waals surface area contributed by atoms with Gasteiger partial charge in [0.15, 0.2) is 0 Å². The first kappa shape index (κ1) is 115. The molecular weight excluding hydrogens is 1500 g/mol. The molecule has 17 heteroatoms. The SMILES string of the molecule is CCCCCCCCCCCOC(=O)CCCCCN(CCCCCCCC(=O)OC(CCCCCCCC)CCCCCCCC)CCOC(=O)CCN(CCCCN1CCN(C)CC1)CCC(=O)OCCN(CCCCCCCC(=O)OC(CCCCCCCC)CCCCCCCC)CCCCCC(=O)OCCCCCCCCCCC. The van der Waals surface area contributed by atoms with Crippen molar-refractivity contribution in [3.8, 4) is 0 Å². The van der Waals surface area contributed by atoms with Crippen molar-refractivity contribution in [2.75, 3.05) is 125 Å². The quantitative estimate of drug-likeness (QED) is 0.0319. The van der Waals surface area contributed by atoms with Gasteiger partial charge in [-0.3, -0.25) is 38.6 Å². The maximum absolute atomic E-state index is 13.7. The van der Waals surface area contributed by atoms with Crippen LogP contribution in [0.15, 0.2) is 0 Å². The van der Waals surface area contributed by atoms with Crippen LogP contribution in [-0.4, -0.2) is 198 Å². The molecule has 0 amide bonds. The summed E-state index contributed by atoms with van der Waals surface area (Å²) in [5.74, 6) is -0.677. The first-order valence-corrected chi connectivity index (χ1v) is 52.4. The number of unbranched alkanes of at least 4 members (excludes halogenated alkanes) is 49. The second-order valence-corrected chi connectivity index (χ2v) is 36.5. The van der Waals surface area contributed by atoms with E-state index in [-0.39, 0.29) is 60.9 Å². The summed E-state index contributed by atoms with van der Waals surface area (Å²) in [6.45, 7) is 27.2. The van der Waals surface area contributed by atoms with E-state index in [9.17, 15) is 28.8 Å². The zero-order valence-corrected chi connectivity index (χ0v) is 80.5. The summed E-state index contributed by atoms with van der Waals surface area (Å²) in [5.41, 5.74) is 0. The highest BCUT2D eigenvalue weighted by atomic mass is 16.6. The van der Waals surface area contributed by atoms with Crippen LogP contribution in [0, 0.1) is 0 Å². The lowest BCUT2D eigenvalue weighted by atomic mass is 10.0. The number of piperazine rings is 1. The van der Waals surface area contributed by atoms with E-state index in [1.807, 2.05) is 0 Å². The largest absolute Gasteiger partial charge is 0.466 e. The van der Waals surface area contributed by atoms with Crippen LogP contribution < -0.4 is 0 Å². The maximum Gasteiger partial charge on any atom is 0.307 e. The van der Waals surface area contributed by atoms with Crippen LogP contribution in [0.25, 0.3) is 0 Å². The molecule has 1 rings (SSSR count). The fourth-order valence-electron chi connectivity index (χ4n) is 16.8. The summed E-state index contributed by atoms with van der Waals surface area (Å²) in [5, 5.41) is 0. The highest BCUT2D eigenvalue weighted by Crippen LogP contribution is 2.23. The van der Waals surface area contributed by atoms with Gasteiger partial charge in [-0.15, -0.1) is 0 Å². The minimum atomic E-state index is -0.221. The number of rotatable bonds is 95. The number of hydrogen-bond acceptors (Lipinski definition) is 17. The van der Waals surface area contributed by atoms with Gasteiger partial charge in [-0.05, 0) is 175 Å². The first-order chi connectivity index (χ1) is 58.8. The molecule has 0 aromatic carbocycles. The van der Waals surface area contributed by atoms with Crippen molar-refractivity contribution in [2.24, 2.45) is 0 Å². The highest BCUT2D eigenvalue weighted by molar-refractivity contribution is 5.71. The fourth-order valence-corrected chi connectivity index (χ4v) is 16.8. The molecule has 0 aromatic rings. The molecule has 0 bridgehead atoms. The summed E-state index contributed by atoms with van der Waals surface area (Å²) in [6.07, 6.45) is 76.0. The summed E-state index contributed by atoms with van der Waals surface area (Å²) >= 11 is 0. The molecule has 1 aliphatic heterocycles. The van der Waals surface area contributed by atoms with E-state index in [4.69, 9.17) is 28.4 Å². The van der Waals surface area contributed by atoms with Gasteiger partial charge in [0.2, 0.25) is 0 Å². The Morgan fingerprint density at radius 1 is 0.225 bits per heavy atom. The number of nitrogens with zero attached hydrogens (tertiary/aromatic N) is 5. The molecule has 0 saturated carbocycles. The van der Waals surface area contributed by atoms with Gasteiger partial charge in [-0.25, -0.2) is 0 Å². The van der Waals surface area contributed by atoms with Crippen molar-refractivity contribution in [3.05, 3.63) is 0 Å². The molecule has 0 spiro atoms. The number of esters is 6. The van der Waals surface area contributed by atoms with Gasteiger partial charge >= 0.3 is 35.8 Å². The number of hydrogen-bond donors (Lipinski definition) is 0. The Morgan fingerprint density at radius 2 is 0.450 bits per heavy atom. The normalized spacial score (nSPS) is 12.8. The van der Waals surface area contributed by atoms with Crippen molar-refractivity contribution in [3.63, 3.8) is 0 Å². The smallest absolute Gasteiger partial charge is 0.307 e. The summed E-state index contributed by atoms with van der Waals surface area (Å²) in [7, 11) is 2.19. The first-order valence-electron chi connectivity index (χ1n) is 52.4. The van der Waals surface area contributed by atoms with E-state index in [0.717, 1.165) is 258 Å². The van der Waals surface area contributed by atoms with Gasteiger partial charge < -0.3 is 43.1 Å². The highest BCUT2D eigenvalue weighted by Gasteiger charge is 2.20. The minimum absolute atomic E-state index is 0.0266. The van der Waals surface area contributed by atoms with E-state index in [0.29, 0.717) is 78.3 Å². The monoisotopic (exact) mass is 1700 g/mol. The lowest BCUT2D eigenvalue weighted by Crippen LogP contribution is -2.44. The third kappa shape index (κ3) is 80.4. The second kappa shape index (κ2) is 90.4. The molecule has 708 valence electrons. The lowest BCUT2D eigenvalue weighted by molar-refractivity contribution is -0.151. The van der Waals surface area contributed by atoms with Crippen molar-refractivity contribution in [1.29, 1.82) is 0 Å². The van der Waals surface area contributed by atoms with Crippen molar-refractivity contribution in [1.82, 2.24) is 24.5 Å². The second-order valence-electron chi connectivity index (χ2n) is 36.5. The Balaban J connectivity index is 2.99. The Bertz CT molecular complexity index is 2070. The van der Waals surface area contributed by atoms with E-state index >= 15 is 0 Å². The Morgan fingerprint density at radius 3 is 0.758 bits per heavy atom. The average Bonchev–Trinajstić information content (AvgIpc) is 1.20. The van der Waals surface area contributed by atoms with Crippen LogP contribution >= 0.6 is 0 Å². The zero-order chi connectivity index (χ0) is 87.0. The van der Waals surface area contributed by atoms with Crippen molar-refractivity contribution >= 4 is 35.8 Å². The molecule has 0 radical (unpaired) electrons. The van der Waals surface area contributed by atoms with Gasteiger partial charge in [-0.1, -0.05) is 324 Å². The standard InChI is InChI=1S/C103H199N5O12/c1-8-14-20-26-32-34-36-48-66-92-115-98(109)72-58-50-62-80-105(78-60-46-38-44-56-74-102(113)119-96(68-52-40-28-22-16-10-3)69-53-41-29-23-17-11-4)90-94-117-100(111)76-84-107(82-64-65-83-108-88-86-104(7)87-89-108)85-77-101(112)118-95-91-106(81-63-51-59-73-99(110)116-93-67-49-37-35-33-27-21-15-9-2)79-61-47-39-45-57-75-103(114)120-97(70-54-42-30-24-18-12-5)71-55-43-31-25-19-13-6/h96-97H,8-95H2,1-7H3. The third-order valence-corrected chi connectivity index (χ3v) is 25.0. The summed E-state index contributed by atoms with van der Waals surface area (Å²) in [4.78, 5) is 91.3. The number of carbonyl (C=O) groups excluding carboxylic acids is 6. The number of ether oxygens (including phenoxy) is 6. The molecule has 0 aliphatic carbocycles. The number of likely N-dealkylation sites (N-methyl/N-ethyl adjacent to an activating group) is 1. The van der Waals surface area contributed by atoms with Crippen LogP contribution in [0.1, 0.15) is 491 Å². The van der Waals surface area contributed by atoms with Gasteiger partial charge in [0.1, 0.15) is 25.4 Å².